The predicted molar refractivity (Wildman–Crippen MR) is 252 cm³/mol. The van der Waals surface area contributed by atoms with Gasteiger partial charge in [0.15, 0.2) is 0 Å². The number of anilines is 3. The van der Waals surface area contributed by atoms with Crippen LogP contribution in [0.2, 0.25) is 0 Å². The van der Waals surface area contributed by atoms with Gasteiger partial charge in [-0.15, -0.1) is 22.7 Å². The maximum Gasteiger partial charge on any atom is 0.0640 e. The second-order valence-corrected chi connectivity index (χ2v) is 16.9. The summed E-state index contributed by atoms with van der Waals surface area (Å²) in [5, 5.41) is 7.64. The molecule has 3 aromatic heterocycles. The fourth-order valence-corrected chi connectivity index (χ4v) is 11.5. The molecule has 2 nitrogen and oxygen atoms in total. The lowest BCUT2D eigenvalue weighted by Crippen LogP contribution is -2.12. The lowest BCUT2D eigenvalue weighted by Gasteiger charge is -2.29. The Morgan fingerprint density at radius 3 is 1.71 bits per heavy atom. The monoisotopic (exact) mass is 774 g/mol. The first-order valence-corrected chi connectivity index (χ1v) is 21.3. The van der Waals surface area contributed by atoms with E-state index in [1.165, 1.54) is 90.2 Å². The molecular formula is C54H34N2S2. The van der Waals surface area contributed by atoms with Crippen molar-refractivity contribution in [3.63, 3.8) is 0 Å². The van der Waals surface area contributed by atoms with Gasteiger partial charge in [-0.3, -0.25) is 0 Å². The Balaban J connectivity index is 1.15. The van der Waals surface area contributed by atoms with Gasteiger partial charge >= 0.3 is 0 Å². The molecule has 0 amide bonds. The lowest BCUT2D eigenvalue weighted by molar-refractivity contribution is 1.18. The maximum atomic E-state index is 2.55. The molecule has 0 spiro atoms. The maximum absolute atomic E-state index is 2.55. The van der Waals surface area contributed by atoms with Crippen molar-refractivity contribution in [1.29, 1.82) is 0 Å². The molecule has 0 radical (unpaired) electrons. The van der Waals surface area contributed by atoms with Crippen molar-refractivity contribution in [2.24, 2.45) is 0 Å². The van der Waals surface area contributed by atoms with Gasteiger partial charge in [-0.2, -0.15) is 0 Å². The van der Waals surface area contributed by atoms with Gasteiger partial charge in [-0.1, -0.05) is 152 Å². The highest BCUT2D eigenvalue weighted by molar-refractivity contribution is 7.27. The minimum absolute atomic E-state index is 1.14. The van der Waals surface area contributed by atoms with Crippen molar-refractivity contribution < 1.29 is 0 Å². The highest BCUT2D eigenvalue weighted by atomic mass is 32.1. The van der Waals surface area contributed by atoms with Crippen LogP contribution >= 0.6 is 22.7 Å². The number of benzene rings is 9. The Labute approximate surface area is 343 Å². The van der Waals surface area contributed by atoms with E-state index in [4.69, 9.17) is 0 Å². The summed E-state index contributed by atoms with van der Waals surface area (Å²) in [6, 6.07) is 75.6. The van der Waals surface area contributed by atoms with E-state index < -0.39 is 0 Å². The molecule has 0 bridgehead atoms. The van der Waals surface area contributed by atoms with E-state index in [2.05, 4.69) is 216 Å². The summed E-state index contributed by atoms with van der Waals surface area (Å²) in [7, 11) is 0. The number of para-hydroxylation sites is 3. The van der Waals surface area contributed by atoms with Crippen LogP contribution in [-0.4, -0.2) is 4.57 Å². The number of hydrogen-bond donors (Lipinski definition) is 0. The van der Waals surface area contributed by atoms with Crippen molar-refractivity contribution in [2.45, 2.75) is 0 Å². The van der Waals surface area contributed by atoms with Crippen molar-refractivity contribution in [2.75, 3.05) is 4.90 Å². The van der Waals surface area contributed by atoms with Gasteiger partial charge < -0.3 is 9.47 Å². The van der Waals surface area contributed by atoms with Crippen LogP contribution in [0.3, 0.4) is 0 Å². The minimum Gasteiger partial charge on any atom is -0.309 e. The van der Waals surface area contributed by atoms with Gasteiger partial charge in [0.25, 0.3) is 0 Å². The third-order valence-electron chi connectivity index (χ3n) is 11.6. The zero-order valence-corrected chi connectivity index (χ0v) is 33.0. The van der Waals surface area contributed by atoms with Gasteiger partial charge in [0.05, 0.1) is 32.8 Å². The molecule has 272 valence electrons. The summed E-state index contributed by atoms with van der Waals surface area (Å²) in [4.78, 5) is 2.55. The third-order valence-corrected chi connectivity index (χ3v) is 14.0. The Hall–Kier alpha value is -6.98. The van der Waals surface area contributed by atoms with Crippen LogP contribution in [-0.2, 0) is 0 Å². The largest absolute Gasteiger partial charge is 0.309 e. The average molecular weight is 775 g/mol. The van der Waals surface area contributed by atoms with Crippen molar-refractivity contribution in [3.05, 3.63) is 206 Å². The fourth-order valence-electron chi connectivity index (χ4n) is 9.07. The van der Waals surface area contributed by atoms with E-state index in [1.54, 1.807) is 0 Å². The van der Waals surface area contributed by atoms with E-state index in [1.807, 2.05) is 22.7 Å². The lowest BCUT2D eigenvalue weighted by atomic mass is 9.98. The van der Waals surface area contributed by atoms with E-state index in [9.17, 15) is 0 Å². The smallest absolute Gasteiger partial charge is 0.0640 e. The normalized spacial score (nSPS) is 11.8. The molecule has 12 rings (SSSR count). The molecule has 0 N–H and O–H groups in total. The topological polar surface area (TPSA) is 8.17 Å². The van der Waals surface area contributed by atoms with Gasteiger partial charge in [0, 0.05) is 57.7 Å². The van der Waals surface area contributed by atoms with E-state index in [0.29, 0.717) is 0 Å². The Morgan fingerprint density at radius 1 is 0.345 bits per heavy atom. The van der Waals surface area contributed by atoms with Crippen molar-refractivity contribution in [3.8, 4) is 27.9 Å². The first-order valence-electron chi connectivity index (χ1n) is 19.7. The van der Waals surface area contributed by atoms with Gasteiger partial charge in [-0.05, 0) is 71.3 Å². The summed E-state index contributed by atoms with van der Waals surface area (Å²) in [5.74, 6) is 0. The second kappa shape index (κ2) is 13.3. The quantitative estimate of drug-likeness (QED) is 0.163. The molecule has 4 heteroatoms. The summed E-state index contributed by atoms with van der Waals surface area (Å²) in [5.41, 5.74) is 11.8. The van der Waals surface area contributed by atoms with Crippen molar-refractivity contribution >= 4 is 102 Å². The number of nitrogens with zero attached hydrogens (tertiary/aromatic N) is 2. The summed E-state index contributed by atoms with van der Waals surface area (Å²) >= 11 is 3.77. The SMILES string of the molecule is c1ccc(-c2ccc(N(c3ccccc3-c3cccc(-n4c5ccccc5c5ccccc54)c3)c3cccc4c3sc3ccccc34)c3c2sc2ccccc23)cc1. The molecule has 0 fully saturated rings. The van der Waals surface area contributed by atoms with Crippen LogP contribution in [0, 0.1) is 0 Å². The predicted octanol–water partition coefficient (Wildman–Crippen LogP) is 16.3. The van der Waals surface area contributed by atoms with Gasteiger partial charge in [-0.25, -0.2) is 0 Å². The van der Waals surface area contributed by atoms with Gasteiger partial charge in [0.2, 0.25) is 0 Å². The number of hydrogen-bond acceptors (Lipinski definition) is 3. The minimum atomic E-state index is 1.14. The molecule has 12 aromatic rings. The number of aromatic nitrogens is 1. The summed E-state index contributed by atoms with van der Waals surface area (Å²) in [6.07, 6.45) is 0. The molecule has 0 aliphatic rings. The zero-order valence-electron chi connectivity index (χ0n) is 31.3. The summed E-state index contributed by atoms with van der Waals surface area (Å²) < 4.78 is 7.56. The Bertz CT molecular complexity index is 3480. The molecule has 0 saturated heterocycles. The van der Waals surface area contributed by atoms with Gasteiger partial charge in [0.1, 0.15) is 0 Å². The van der Waals surface area contributed by atoms with Crippen LogP contribution in [0.1, 0.15) is 0 Å². The van der Waals surface area contributed by atoms with E-state index >= 15 is 0 Å². The van der Waals surface area contributed by atoms with Crippen LogP contribution in [0.25, 0.3) is 90.1 Å². The Morgan fingerprint density at radius 2 is 0.914 bits per heavy atom. The fraction of sp³-hybridized carbons (Fsp3) is 0. The highest BCUT2D eigenvalue weighted by Crippen LogP contribution is 2.52. The summed E-state index contributed by atoms with van der Waals surface area (Å²) in [6.45, 7) is 0. The first-order chi connectivity index (χ1) is 28.8. The number of fused-ring (bicyclic) bond motifs is 9. The van der Waals surface area contributed by atoms with Crippen LogP contribution in [0.15, 0.2) is 206 Å². The molecule has 0 saturated carbocycles. The third kappa shape index (κ3) is 5.09. The molecule has 58 heavy (non-hydrogen) atoms. The molecule has 3 heterocycles. The standard InChI is InChI=1S/C54H34N2S2/c1-2-16-35(17-3-1)39-32-33-48(52-44-24-8-13-31-51(44)58-54(39)52)56(49-29-15-25-43-42-23-7-12-30-50(42)57-53(43)49)45-26-9-4-20-38(45)36-18-14-19-37(34-36)55-46-27-10-5-21-40(46)41-22-6-11-28-47(41)55/h1-34H. The van der Waals surface area contributed by atoms with E-state index in [0.717, 1.165) is 16.9 Å². The highest BCUT2D eigenvalue weighted by Gasteiger charge is 2.25. The first kappa shape index (κ1) is 33.2. The second-order valence-electron chi connectivity index (χ2n) is 14.8. The number of thiophene rings is 2. The molecular weight excluding hydrogens is 741 g/mol. The molecule has 0 unspecified atom stereocenters. The molecule has 0 atom stereocenters. The number of rotatable bonds is 6. The van der Waals surface area contributed by atoms with E-state index in [-0.39, 0.29) is 0 Å². The van der Waals surface area contributed by atoms with Crippen LogP contribution < -0.4 is 4.90 Å². The Kier molecular flexibility index (Phi) is 7.62. The van der Waals surface area contributed by atoms with Crippen LogP contribution in [0.4, 0.5) is 17.1 Å². The molecule has 0 aliphatic heterocycles. The van der Waals surface area contributed by atoms with Crippen LogP contribution in [0.5, 0.6) is 0 Å². The molecule has 0 aliphatic carbocycles. The zero-order chi connectivity index (χ0) is 38.2. The molecule has 9 aromatic carbocycles. The average Bonchev–Trinajstić information content (AvgIpc) is 3.98. The van der Waals surface area contributed by atoms with Crippen molar-refractivity contribution in [1.82, 2.24) is 4.57 Å².